The van der Waals surface area contributed by atoms with Gasteiger partial charge in [0.2, 0.25) is 0 Å². The Morgan fingerprint density at radius 2 is 1.89 bits per heavy atom. The molecular formula is C18H18N4O6. The smallest absolute Gasteiger partial charge is 0.337 e. The number of rotatable bonds is 5. The second-order valence-corrected chi connectivity index (χ2v) is 6.10. The molecule has 0 bridgehead atoms. The van der Waals surface area contributed by atoms with Crippen molar-refractivity contribution < 1.29 is 19.1 Å². The van der Waals surface area contributed by atoms with Crippen LogP contribution in [0.3, 0.4) is 0 Å². The first-order valence-corrected chi connectivity index (χ1v) is 8.27. The summed E-state index contributed by atoms with van der Waals surface area (Å²) in [6, 6.07) is 6.52. The van der Waals surface area contributed by atoms with Gasteiger partial charge in [0.15, 0.2) is 11.2 Å². The number of nitrogens with zero attached hydrogens (tertiary/aromatic N) is 4. The average Bonchev–Trinajstić information content (AvgIpc) is 3.12. The molecule has 146 valence electrons. The van der Waals surface area contributed by atoms with Gasteiger partial charge in [-0.1, -0.05) is 12.1 Å². The lowest BCUT2D eigenvalue weighted by atomic mass is 10.1. The summed E-state index contributed by atoms with van der Waals surface area (Å²) in [7, 11) is 4.13. The van der Waals surface area contributed by atoms with Crippen LogP contribution in [0.2, 0.25) is 0 Å². The molecule has 0 aliphatic rings. The zero-order valence-corrected chi connectivity index (χ0v) is 15.5. The van der Waals surface area contributed by atoms with Crippen molar-refractivity contribution in [1.82, 2.24) is 18.7 Å². The van der Waals surface area contributed by atoms with Gasteiger partial charge in [0.25, 0.3) is 5.56 Å². The fourth-order valence-corrected chi connectivity index (χ4v) is 2.77. The molecule has 0 N–H and O–H groups in total. The van der Waals surface area contributed by atoms with Gasteiger partial charge in [0, 0.05) is 14.1 Å². The minimum Gasteiger partial charge on any atom is -0.465 e. The molecule has 2 heterocycles. The first-order valence-electron chi connectivity index (χ1n) is 8.27. The summed E-state index contributed by atoms with van der Waals surface area (Å²) in [6.45, 7) is -0.298. The summed E-state index contributed by atoms with van der Waals surface area (Å²) < 4.78 is 13.4. The van der Waals surface area contributed by atoms with Crippen LogP contribution in [0.25, 0.3) is 11.2 Å². The molecule has 0 unspecified atom stereocenters. The van der Waals surface area contributed by atoms with E-state index in [2.05, 4.69) is 9.72 Å². The first kappa shape index (κ1) is 19.1. The summed E-state index contributed by atoms with van der Waals surface area (Å²) >= 11 is 0. The third kappa shape index (κ3) is 3.43. The highest BCUT2D eigenvalue weighted by Gasteiger charge is 2.16. The molecule has 0 fully saturated rings. The van der Waals surface area contributed by atoms with Crippen LogP contribution in [0.4, 0.5) is 0 Å². The Balaban J connectivity index is 1.77. The van der Waals surface area contributed by atoms with Crippen LogP contribution in [0, 0.1) is 0 Å². The number of carbonyl (C=O) groups excluding carboxylic acids is 2. The van der Waals surface area contributed by atoms with E-state index in [1.807, 2.05) is 0 Å². The van der Waals surface area contributed by atoms with E-state index < -0.39 is 23.2 Å². The lowest BCUT2D eigenvalue weighted by Crippen LogP contribution is -2.37. The predicted molar refractivity (Wildman–Crippen MR) is 97.8 cm³/mol. The van der Waals surface area contributed by atoms with Gasteiger partial charge < -0.3 is 14.0 Å². The number of hydrogen-bond donors (Lipinski definition) is 0. The van der Waals surface area contributed by atoms with Crippen molar-refractivity contribution in [2.24, 2.45) is 14.1 Å². The highest BCUT2D eigenvalue weighted by atomic mass is 16.5. The van der Waals surface area contributed by atoms with Crippen molar-refractivity contribution >= 4 is 23.1 Å². The average molecular weight is 386 g/mol. The third-order valence-corrected chi connectivity index (χ3v) is 4.26. The number of esters is 2. The van der Waals surface area contributed by atoms with E-state index >= 15 is 0 Å². The Labute approximate surface area is 158 Å². The third-order valence-electron chi connectivity index (χ3n) is 4.26. The van der Waals surface area contributed by atoms with Crippen LogP contribution >= 0.6 is 0 Å². The zero-order chi connectivity index (χ0) is 20.4. The monoisotopic (exact) mass is 386 g/mol. The molecule has 2 aromatic heterocycles. The Kier molecular flexibility index (Phi) is 5.12. The standard InChI is InChI=1S/C18H18N4O6/c1-20-15-14(16(24)21(2)18(20)26)22(10-19-15)8-13(23)28-9-11-5-4-6-12(7-11)17(25)27-3/h4-7,10H,8-9H2,1-3H3. The quantitative estimate of drug-likeness (QED) is 0.565. The van der Waals surface area contributed by atoms with Crippen LogP contribution < -0.4 is 11.2 Å². The van der Waals surface area contributed by atoms with Crippen molar-refractivity contribution in [2.75, 3.05) is 7.11 Å². The summed E-state index contributed by atoms with van der Waals surface area (Å²) in [5, 5.41) is 0. The fourth-order valence-electron chi connectivity index (χ4n) is 2.77. The van der Waals surface area contributed by atoms with Crippen molar-refractivity contribution in [3.05, 3.63) is 62.6 Å². The second-order valence-electron chi connectivity index (χ2n) is 6.10. The zero-order valence-electron chi connectivity index (χ0n) is 15.5. The Bertz CT molecular complexity index is 1190. The molecule has 0 amide bonds. The minimum atomic E-state index is -0.598. The van der Waals surface area contributed by atoms with E-state index in [4.69, 9.17) is 4.74 Å². The van der Waals surface area contributed by atoms with Crippen molar-refractivity contribution in [2.45, 2.75) is 13.2 Å². The number of benzene rings is 1. The Morgan fingerprint density at radius 3 is 2.61 bits per heavy atom. The molecule has 0 atom stereocenters. The van der Waals surface area contributed by atoms with Gasteiger partial charge in [-0.05, 0) is 17.7 Å². The SMILES string of the molecule is COC(=O)c1cccc(COC(=O)Cn2cnc3c2c(=O)n(C)c(=O)n3C)c1. The van der Waals surface area contributed by atoms with Crippen LogP contribution in [0.1, 0.15) is 15.9 Å². The molecule has 3 rings (SSSR count). The topological polar surface area (TPSA) is 114 Å². The number of aryl methyl sites for hydroxylation is 1. The maximum atomic E-state index is 12.4. The molecule has 3 aromatic rings. The number of carbonyl (C=O) groups is 2. The lowest BCUT2D eigenvalue weighted by Gasteiger charge is -2.08. The molecule has 0 saturated carbocycles. The molecule has 0 radical (unpaired) electrons. The van der Waals surface area contributed by atoms with Gasteiger partial charge in [-0.2, -0.15) is 0 Å². The van der Waals surface area contributed by atoms with Gasteiger partial charge in [-0.25, -0.2) is 14.6 Å². The van der Waals surface area contributed by atoms with Crippen molar-refractivity contribution in [3.8, 4) is 0 Å². The Hall–Kier alpha value is -3.69. The molecular weight excluding hydrogens is 368 g/mol. The number of aromatic nitrogens is 4. The van der Waals surface area contributed by atoms with Gasteiger partial charge >= 0.3 is 17.6 Å². The van der Waals surface area contributed by atoms with Gasteiger partial charge in [0.1, 0.15) is 13.2 Å². The normalized spacial score (nSPS) is 10.8. The number of fused-ring (bicyclic) bond motifs is 1. The van der Waals surface area contributed by atoms with E-state index in [1.165, 1.54) is 36.7 Å². The second kappa shape index (κ2) is 7.51. The number of ether oxygens (including phenoxy) is 2. The van der Waals surface area contributed by atoms with Crippen LogP contribution in [-0.4, -0.2) is 37.7 Å². The van der Waals surface area contributed by atoms with E-state index in [0.29, 0.717) is 11.1 Å². The van der Waals surface area contributed by atoms with E-state index in [-0.39, 0.29) is 24.3 Å². The van der Waals surface area contributed by atoms with E-state index in [0.717, 1.165) is 4.57 Å². The highest BCUT2D eigenvalue weighted by molar-refractivity contribution is 5.89. The van der Waals surface area contributed by atoms with E-state index in [9.17, 15) is 19.2 Å². The predicted octanol–water partition coefficient (Wildman–Crippen LogP) is -0.0363. The Morgan fingerprint density at radius 1 is 1.14 bits per heavy atom. The van der Waals surface area contributed by atoms with Gasteiger partial charge in [0.05, 0.1) is 19.0 Å². The fraction of sp³-hybridized carbons (Fsp3) is 0.278. The molecule has 0 spiro atoms. The van der Waals surface area contributed by atoms with Crippen LogP contribution in [0.5, 0.6) is 0 Å². The molecule has 1 aromatic carbocycles. The van der Waals surface area contributed by atoms with Crippen molar-refractivity contribution in [1.29, 1.82) is 0 Å². The summed E-state index contributed by atoms with van der Waals surface area (Å²) in [5.74, 6) is -1.09. The molecule has 0 saturated heterocycles. The summed E-state index contributed by atoms with van der Waals surface area (Å²) in [5.41, 5.74) is 0.233. The lowest BCUT2D eigenvalue weighted by molar-refractivity contribution is -0.145. The summed E-state index contributed by atoms with van der Waals surface area (Å²) in [4.78, 5) is 52.1. The van der Waals surface area contributed by atoms with Gasteiger partial charge in [-0.3, -0.25) is 18.7 Å². The molecule has 10 nitrogen and oxygen atoms in total. The molecule has 0 aliphatic heterocycles. The number of imidazole rings is 1. The van der Waals surface area contributed by atoms with Gasteiger partial charge in [-0.15, -0.1) is 0 Å². The first-order chi connectivity index (χ1) is 13.3. The minimum absolute atomic E-state index is 0.0488. The maximum Gasteiger partial charge on any atom is 0.337 e. The number of methoxy groups -OCH3 is 1. The number of hydrogen-bond acceptors (Lipinski definition) is 7. The van der Waals surface area contributed by atoms with Crippen LogP contribution in [0.15, 0.2) is 40.2 Å². The molecule has 28 heavy (non-hydrogen) atoms. The maximum absolute atomic E-state index is 12.4. The molecule has 0 aliphatic carbocycles. The highest BCUT2D eigenvalue weighted by Crippen LogP contribution is 2.09. The van der Waals surface area contributed by atoms with E-state index in [1.54, 1.807) is 24.3 Å². The largest absolute Gasteiger partial charge is 0.465 e. The van der Waals surface area contributed by atoms with Crippen LogP contribution in [-0.2, 0) is 41.5 Å². The van der Waals surface area contributed by atoms with Crippen molar-refractivity contribution in [3.63, 3.8) is 0 Å². The molecule has 10 heteroatoms. The summed E-state index contributed by atoms with van der Waals surface area (Å²) in [6.07, 6.45) is 1.31.